The maximum Gasteiger partial charge on any atom is 0.314 e. The minimum Gasteiger partial charge on any atom is -0.481 e. The summed E-state index contributed by atoms with van der Waals surface area (Å²) in [7, 11) is 1.84. The monoisotopic (exact) mass is 229 g/mol. The van der Waals surface area contributed by atoms with Gasteiger partial charge in [0.05, 0.1) is 0 Å². The van der Waals surface area contributed by atoms with Gasteiger partial charge >= 0.3 is 12.0 Å². The minimum absolute atomic E-state index is 0.147. The smallest absolute Gasteiger partial charge is 0.314 e. The Kier molecular flexibility index (Phi) is 4.54. The van der Waals surface area contributed by atoms with Crippen molar-refractivity contribution in [3.8, 4) is 0 Å². The fraction of sp³-hybridized carbons (Fsp3) is 0.800. The number of nitrogens with one attached hydrogen (secondary N) is 1. The lowest BCUT2D eigenvalue weighted by Gasteiger charge is -2.36. The Bertz CT molecular complexity index is 270. The minimum atomic E-state index is -0.794. The molecule has 2 unspecified atom stereocenters. The number of hydrogen-bond acceptors (Lipinski definition) is 3. The summed E-state index contributed by atoms with van der Waals surface area (Å²) >= 11 is 0. The van der Waals surface area contributed by atoms with Crippen LogP contribution in [0.15, 0.2) is 0 Å². The Labute approximate surface area is 94.8 Å². The SMILES string of the molecule is CNC1CC(CCC(=O)O)CN(C(N)=O)C1. The Morgan fingerprint density at radius 1 is 1.50 bits per heavy atom. The zero-order valence-corrected chi connectivity index (χ0v) is 9.48. The molecule has 16 heavy (non-hydrogen) atoms. The van der Waals surface area contributed by atoms with Gasteiger partial charge in [-0.15, -0.1) is 0 Å². The molecule has 6 nitrogen and oxygen atoms in total. The van der Waals surface area contributed by atoms with E-state index in [4.69, 9.17) is 10.8 Å². The normalized spacial score (nSPS) is 25.4. The number of likely N-dealkylation sites (tertiary alicyclic amines) is 1. The van der Waals surface area contributed by atoms with Crippen molar-refractivity contribution in [2.75, 3.05) is 20.1 Å². The molecule has 4 N–H and O–H groups in total. The fourth-order valence-electron chi connectivity index (χ4n) is 2.13. The van der Waals surface area contributed by atoms with Gasteiger partial charge in [-0.1, -0.05) is 0 Å². The summed E-state index contributed by atoms with van der Waals surface area (Å²) in [5.41, 5.74) is 5.25. The third kappa shape index (κ3) is 3.69. The summed E-state index contributed by atoms with van der Waals surface area (Å²) in [4.78, 5) is 23.2. The zero-order valence-electron chi connectivity index (χ0n) is 9.48. The molecule has 0 saturated carbocycles. The van der Waals surface area contributed by atoms with Gasteiger partial charge in [-0.2, -0.15) is 0 Å². The molecule has 0 aromatic carbocycles. The average Bonchev–Trinajstić information content (AvgIpc) is 2.25. The summed E-state index contributed by atoms with van der Waals surface area (Å²) in [6.07, 6.45) is 1.64. The number of nitrogens with two attached hydrogens (primary N) is 1. The van der Waals surface area contributed by atoms with Gasteiger partial charge in [0.15, 0.2) is 0 Å². The van der Waals surface area contributed by atoms with E-state index in [0.717, 1.165) is 6.42 Å². The molecule has 1 aliphatic heterocycles. The van der Waals surface area contributed by atoms with E-state index in [1.54, 1.807) is 4.90 Å². The molecule has 0 aliphatic carbocycles. The topological polar surface area (TPSA) is 95.7 Å². The Morgan fingerprint density at radius 2 is 2.19 bits per heavy atom. The third-order valence-corrected chi connectivity index (χ3v) is 3.02. The molecule has 0 spiro atoms. The van der Waals surface area contributed by atoms with Gasteiger partial charge in [0.25, 0.3) is 0 Å². The highest BCUT2D eigenvalue weighted by atomic mass is 16.4. The second-order valence-corrected chi connectivity index (χ2v) is 4.26. The Hall–Kier alpha value is -1.30. The number of aliphatic carboxylic acids is 1. The van der Waals surface area contributed by atoms with Crippen molar-refractivity contribution in [3.63, 3.8) is 0 Å². The van der Waals surface area contributed by atoms with Crippen molar-refractivity contribution in [1.29, 1.82) is 0 Å². The average molecular weight is 229 g/mol. The largest absolute Gasteiger partial charge is 0.481 e. The molecule has 1 rings (SSSR count). The number of carbonyl (C=O) groups excluding carboxylic acids is 1. The van der Waals surface area contributed by atoms with Gasteiger partial charge in [-0.25, -0.2) is 4.79 Å². The van der Waals surface area contributed by atoms with Crippen LogP contribution in [0.1, 0.15) is 19.3 Å². The lowest BCUT2D eigenvalue weighted by atomic mass is 9.90. The predicted molar refractivity (Wildman–Crippen MR) is 59.0 cm³/mol. The van der Waals surface area contributed by atoms with E-state index < -0.39 is 12.0 Å². The molecule has 2 atom stereocenters. The molecular formula is C10H19N3O3. The quantitative estimate of drug-likeness (QED) is 0.624. The summed E-state index contributed by atoms with van der Waals surface area (Å²) in [6.45, 7) is 1.18. The number of nitrogens with zero attached hydrogens (tertiary/aromatic N) is 1. The molecule has 92 valence electrons. The van der Waals surface area contributed by atoms with Gasteiger partial charge in [0.2, 0.25) is 0 Å². The molecule has 1 saturated heterocycles. The second-order valence-electron chi connectivity index (χ2n) is 4.26. The maximum absolute atomic E-state index is 11.1. The van der Waals surface area contributed by atoms with Crippen molar-refractivity contribution < 1.29 is 14.7 Å². The summed E-state index contributed by atoms with van der Waals surface area (Å²) in [5, 5.41) is 11.7. The molecule has 1 heterocycles. The van der Waals surface area contributed by atoms with E-state index in [-0.39, 0.29) is 18.4 Å². The number of likely N-dealkylation sites (N-methyl/N-ethyl adjacent to an activating group) is 1. The lowest BCUT2D eigenvalue weighted by Crippen LogP contribution is -2.52. The van der Waals surface area contributed by atoms with Gasteiger partial charge in [-0.3, -0.25) is 4.79 Å². The highest BCUT2D eigenvalue weighted by Crippen LogP contribution is 2.21. The molecule has 6 heteroatoms. The standard InChI is InChI=1S/C10H19N3O3/c1-12-8-4-7(2-3-9(14)15)5-13(6-8)10(11)16/h7-8,12H,2-6H2,1H3,(H2,11,16)(H,14,15). The first-order chi connectivity index (χ1) is 7.52. The van der Waals surface area contributed by atoms with E-state index in [0.29, 0.717) is 19.5 Å². The van der Waals surface area contributed by atoms with Gasteiger partial charge in [0.1, 0.15) is 0 Å². The van der Waals surface area contributed by atoms with Gasteiger partial charge in [0, 0.05) is 25.6 Å². The summed E-state index contributed by atoms with van der Waals surface area (Å²) < 4.78 is 0. The first kappa shape index (κ1) is 12.8. The fourth-order valence-corrected chi connectivity index (χ4v) is 2.13. The van der Waals surface area contributed by atoms with Crippen LogP contribution in [-0.2, 0) is 4.79 Å². The van der Waals surface area contributed by atoms with Crippen LogP contribution in [0.5, 0.6) is 0 Å². The molecule has 1 aliphatic rings. The van der Waals surface area contributed by atoms with Crippen LogP contribution >= 0.6 is 0 Å². The number of carboxylic acids is 1. The first-order valence-corrected chi connectivity index (χ1v) is 5.46. The molecule has 0 radical (unpaired) electrons. The Morgan fingerprint density at radius 3 is 2.69 bits per heavy atom. The molecular weight excluding hydrogens is 210 g/mol. The van der Waals surface area contributed by atoms with Crippen molar-refractivity contribution in [1.82, 2.24) is 10.2 Å². The van der Waals surface area contributed by atoms with Crippen LogP contribution in [0, 0.1) is 5.92 Å². The highest BCUT2D eigenvalue weighted by Gasteiger charge is 2.28. The number of carbonyl (C=O) groups is 2. The molecule has 1 fully saturated rings. The number of hydrogen-bond donors (Lipinski definition) is 3. The Balaban J connectivity index is 2.50. The van der Waals surface area contributed by atoms with Crippen LogP contribution in [0.2, 0.25) is 0 Å². The zero-order chi connectivity index (χ0) is 12.1. The van der Waals surface area contributed by atoms with Crippen LogP contribution in [-0.4, -0.2) is 48.2 Å². The van der Waals surface area contributed by atoms with E-state index in [1.165, 1.54) is 0 Å². The van der Waals surface area contributed by atoms with Crippen LogP contribution in [0.3, 0.4) is 0 Å². The van der Waals surface area contributed by atoms with Crippen molar-refractivity contribution in [2.24, 2.45) is 11.7 Å². The maximum atomic E-state index is 11.1. The van der Waals surface area contributed by atoms with Gasteiger partial charge in [-0.05, 0) is 25.8 Å². The first-order valence-electron chi connectivity index (χ1n) is 5.46. The van der Waals surface area contributed by atoms with Gasteiger partial charge < -0.3 is 21.1 Å². The number of rotatable bonds is 4. The number of piperidine rings is 1. The highest BCUT2D eigenvalue weighted by molar-refractivity contribution is 5.72. The predicted octanol–water partition coefficient (Wildman–Crippen LogP) is -0.160. The summed E-state index contributed by atoms with van der Waals surface area (Å²) in [6, 6.07) is -0.222. The lowest BCUT2D eigenvalue weighted by molar-refractivity contribution is -0.137. The van der Waals surface area contributed by atoms with E-state index >= 15 is 0 Å². The number of urea groups is 1. The van der Waals surface area contributed by atoms with E-state index in [9.17, 15) is 9.59 Å². The number of amides is 2. The van der Waals surface area contributed by atoms with Crippen molar-refractivity contribution in [3.05, 3.63) is 0 Å². The van der Waals surface area contributed by atoms with Crippen molar-refractivity contribution >= 4 is 12.0 Å². The molecule has 0 bridgehead atoms. The number of primary amides is 1. The van der Waals surface area contributed by atoms with E-state index in [1.807, 2.05) is 7.05 Å². The second kappa shape index (κ2) is 5.69. The van der Waals surface area contributed by atoms with E-state index in [2.05, 4.69) is 5.32 Å². The third-order valence-electron chi connectivity index (χ3n) is 3.02. The molecule has 0 aromatic heterocycles. The van der Waals surface area contributed by atoms with Crippen LogP contribution in [0.25, 0.3) is 0 Å². The van der Waals surface area contributed by atoms with Crippen LogP contribution < -0.4 is 11.1 Å². The van der Waals surface area contributed by atoms with Crippen LogP contribution in [0.4, 0.5) is 4.79 Å². The number of carboxylic acid groups (broad SMARTS) is 1. The summed E-state index contributed by atoms with van der Waals surface area (Å²) in [5.74, 6) is -0.577. The molecule has 2 amide bonds. The van der Waals surface area contributed by atoms with Crippen molar-refractivity contribution in [2.45, 2.75) is 25.3 Å². The molecule has 0 aromatic rings.